The van der Waals surface area contributed by atoms with Crippen LogP contribution in [0.15, 0.2) is 164 Å². The van der Waals surface area contributed by atoms with Crippen LogP contribution < -0.4 is 0 Å². The lowest BCUT2D eigenvalue weighted by molar-refractivity contribution is 1.33. The van der Waals surface area contributed by atoms with E-state index in [2.05, 4.69) is 145 Å². The minimum absolute atomic E-state index is 0.902. The molecule has 1 aliphatic rings. The van der Waals surface area contributed by atoms with E-state index in [1.54, 1.807) is 0 Å². The number of pyridine rings is 1. The molecule has 1 aliphatic carbocycles. The molecule has 0 unspecified atom stereocenters. The van der Waals surface area contributed by atoms with Crippen molar-refractivity contribution in [3.8, 4) is 33.5 Å². The number of nitrogens with zero attached hydrogens (tertiary/aromatic N) is 1. The van der Waals surface area contributed by atoms with Gasteiger partial charge in [-0.3, -0.25) is 4.98 Å². The molecule has 0 fully saturated rings. The highest BCUT2D eigenvalue weighted by Gasteiger charge is 2.16. The number of aromatic nitrogens is 1. The van der Waals surface area contributed by atoms with Gasteiger partial charge in [0.25, 0.3) is 0 Å². The van der Waals surface area contributed by atoms with E-state index in [0.717, 1.165) is 24.1 Å². The topological polar surface area (TPSA) is 12.9 Å². The standard InChI is InChI=1S/C41H31N/c1-2-4-6-14-33(15-7-5-3-1)40-35-16-8-10-18-37(35)41(38-19-11-9-17-36(38)40)34-27-23-31(24-28-34)30-21-25-32(26-22-30)39-20-12-13-29-42-39/h1-4,7-29H,5-6H2/b3-1?,4-2?,15-7-,33-14+. The molecule has 0 saturated carbocycles. The molecule has 42 heavy (non-hydrogen) atoms. The molecule has 200 valence electrons. The Kier molecular flexibility index (Phi) is 7.15. The zero-order valence-corrected chi connectivity index (χ0v) is 23.4. The van der Waals surface area contributed by atoms with Crippen molar-refractivity contribution in [2.75, 3.05) is 0 Å². The number of allylic oxidation sites excluding steroid dienone is 8. The lowest BCUT2D eigenvalue weighted by atomic mass is 9.85. The van der Waals surface area contributed by atoms with Crippen molar-refractivity contribution < 1.29 is 0 Å². The maximum Gasteiger partial charge on any atom is 0.0701 e. The molecule has 5 aromatic carbocycles. The molecule has 1 aromatic heterocycles. The second-order valence-corrected chi connectivity index (χ2v) is 10.6. The van der Waals surface area contributed by atoms with Gasteiger partial charge in [0.15, 0.2) is 0 Å². The molecule has 0 bridgehead atoms. The highest BCUT2D eigenvalue weighted by molar-refractivity contribution is 6.19. The normalized spacial score (nSPS) is 15.4. The van der Waals surface area contributed by atoms with Crippen LogP contribution in [-0.2, 0) is 0 Å². The summed E-state index contributed by atoms with van der Waals surface area (Å²) in [5.74, 6) is 0. The van der Waals surface area contributed by atoms with Gasteiger partial charge in [-0.25, -0.2) is 0 Å². The van der Waals surface area contributed by atoms with E-state index >= 15 is 0 Å². The summed E-state index contributed by atoms with van der Waals surface area (Å²) in [6, 6.07) is 41.5. The fourth-order valence-electron chi connectivity index (χ4n) is 5.98. The molecular formula is C41H31N. The summed E-state index contributed by atoms with van der Waals surface area (Å²) < 4.78 is 0. The first kappa shape index (κ1) is 25.7. The summed E-state index contributed by atoms with van der Waals surface area (Å²) >= 11 is 0. The fourth-order valence-corrected chi connectivity index (χ4v) is 5.98. The Bertz CT molecular complexity index is 1930. The van der Waals surface area contributed by atoms with Crippen molar-refractivity contribution in [3.63, 3.8) is 0 Å². The van der Waals surface area contributed by atoms with Gasteiger partial charge in [0.2, 0.25) is 0 Å². The van der Waals surface area contributed by atoms with Gasteiger partial charge in [0.1, 0.15) is 0 Å². The van der Waals surface area contributed by atoms with Crippen LogP contribution in [0.1, 0.15) is 18.4 Å². The van der Waals surface area contributed by atoms with Crippen LogP contribution in [-0.4, -0.2) is 4.98 Å². The second kappa shape index (κ2) is 11.7. The Morgan fingerprint density at radius 1 is 0.429 bits per heavy atom. The van der Waals surface area contributed by atoms with E-state index in [-0.39, 0.29) is 0 Å². The number of fused-ring (bicyclic) bond motifs is 2. The predicted octanol–water partition coefficient (Wildman–Crippen LogP) is 11.2. The predicted molar refractivity (Wildman–Crippen MR) is 180 cm³/mol. The van der Waals surface area contributed by atoms with Gasteiger partial charge < -0.3 is 0 Å². The Morgan fingerprint density at radius 3 is 1.55 bits per heavy atom. The molecule has 0 radical (unpaired) electrons. The van der Waals surface area contributed by atoms with E-state index < -0.39 is 0 Å². The van der Waals surface area contributed by atoms with Crippen LogP contribution in [0.3, 0.4) is 0 Å². The van der Waals surface area contributed by atoms with Crippen LogP contribution >= 0.6 is 0 Å². The first-order valence-electron chi connectivity index (χ1n) is 14.6. The Labute approximate surface area is 247 Å². The minimum atomic E-state index is 0.902. The van der Waals surface area contributed by atoms with Crippen molar-refractivity contribution in [2.24, 2.45) is 0 Å². The molecule has 7 rings (SSSR count). The zero-order chi connectivity index (χ0) is 28.1. The van der Waals surface area contributed by atoms with E-state index in [1.165, 1.54) is 54.9 Å². The van der Waals surface area contributed by atoms with E-state index in [1.807, 2.05) is 24.4 Å². The van der Waals surface area contributed by atoms with Crippen LogP contribution in [0.5, 0.6) is 0 Å². The van der Waals surface area contributed by atoms with Crippen molar-refractivity contribution in [3.05, 3.63) is 170 Å². The lowest BCUT2D eigenvalue weighted by Crippen LogP contribution is -1.93. The fraction of sp³-hybridized carbons (Fsp3) is 0.0488. The molecular weight excluding hydrogens is 506 g/mol. The Balaban J connectivity index is 1.33. The SMILES string of the molecule is C1=CC/C=C\C(c2c3ccccc3c(-c3ccc(-c4ccc(-c5ccccn5)cc4)cc3)c3ccccc23)=C/CC=C1. The summed E-state index contributed by atoms with van der Waals surface area (Å²) in [5.41, 5.74) is 9.62. The van der Waals surface area contributed by atoms with E-state index in [0.29, 0.717) is 0 Å². The molecule has 0 N–H and O–H groups in total. The van der Waals surface area contributed by atoms with Crippen LogP contribution in [0.2, 0.25) is 0 Å². The summed E-state index contributed by atoms with van der Waals surface area (Å²) in [7, 11) is 0. The van der Waals surface area contributed by atoms with Gasteiger partial charge in [0.05, 0.1) is 5.69 Å². The molecule has 1 heteroatoms. The zero-order valence-electron chi connectivity index (χ0n) is 23.4. The van der Waals surface area contributed by atoms with E-state index in [4.69, 9.17) is 0 Å². The third kappa shape index (κ3) is 5.02. The van der Waals surface area contributed by atoms with Gasteiger partial charge >= 0.3 is 0 Å². The first-order chi connectivity index (χ1) is 20.9. The minimum Gasteiger partial charge on any atom is -0.256 e. The third-order valence-corrected chi connectivity index (χ3v) is 8.00. The Hall–Kier alpha value is -5.27. The quantitative estimate of drug-likeness (QED) is 0.204. The number of hydrogen-bond acceptors (Lipinski definition) is 1. The van der Waals surface area contributed by atoms with Crippen molar-refractivity contribution >= 4 is 27.1 Å². The van der Waals surface area contributed by atoms with Crippen molar-refractivity contribution in [1.82, 2.24) is 4.98 Å². The van der Waals surface area contributed by atoms with Crippen LogP contribution in [0.25, 0.3) is 60.6 Å². The molecule has 0 saturated heterocycles. The van der Waals surface area contributed by atoms with Crippen molar-refractivity contribution in [2.45, 2.75) is 12.8 Å². The summed E-state index contributed by atoms with van der Waals surface area (Å²) in [4.78, 5) is 4.49. The van der Waals surface area contributed by atoms with Gasteiger partial charge in [-0.15, -0.1) is 0 Å². The number of rotatable bonds is 4. The van der Waals surface area contributed by atoms with Crippen molar-refractivity contribution in [1.29, 1.82) is 0 Å². The maximum absolute atomic E-state index is 4.49. The van der Waals surface area contributed by atoms with Crippen LogP contribution in [0, 0.1) is 0 Å². The number of benzene rings is 5. The average molecular weight is 538 g/mol. The summed E-state index contributed by atoms with van der Waals surface area (Å²) in [5, 5.41) is 5.13. The summed E-state index contributed by atoms with van der Waals surface area (Å²) in [6.07, 6.45) is 19.3. The van der Waals surface area contributed by atoms with Gasteiger partial charge in [-0.05, 0) is 79.9 Å². The lowest BCUT2D eigenvalue weighted by Gasteiger charge is -2.18. The van der Waals surface area contributed by atoms with Gasteiger partial charge in [0, 0.05) is 11.8 Å². The smallest absolute Gasteiger partial charge is 0.0701 e. The molecule has 1 heterocycles. The molecule has 0 aliphatic heterocycles. The Morgan fingerprint density at radius 2 is 0.952 bits per heavy atom. The molecule has 6 aromatic rings. The average Bonchev–Trinajstić information content (AvgIpc) is 3.07. The molecule has 1 nitrogen and oxygen atoms in total. The van der Waals surface area contributed by atoms with Crippen LogP contribution in [0.4, 0.5) is 0 Å². The summed E-state index contributed by atoms with van der Waals surface area (Å²) in [6.45, 7) is 0. The monoisotopic (exact) mass is 537 g/mol. The highest BCUT2D eigenvalue weighted by Crippen LogP contribution is 2.42. The number of hydrogen-bond donors (Lipinski definition) is 0. The largest absolute Gasteiger partial charge is 0.256 e. The van der Waals surface area contributed by atoms with Gasteiger partial charge in [-0.2, -0.15) is 0 Å². The highest BCUT2D eigenvalue weighted by atomic mass is 14.7. The third-order valence-electron chi connectivity index (χ3n) is 8.00. The molecule has 0 atom stereocenters. The molecule has 0 amide bonds. The van der Waals surface area contributed by atoms with E-state index in [9.17, 15) is 0 Å². The van der Waals surface area contributed by atoms with Gasteiger partial charge in [-0.1, -0.05) is 146 Å². The second-order valence-electron chi connectivity index (χ2n) is 10.6. The molecule has 0 spiro atoms. The maximum atomic E-state index is 4.49. The first-order valence-corrected chi connectivity index (χ1v) is 14.6.